The van der Waals surface area contributed by atoms with Crippen molar-refractivity contribution in [2.45, 2.75) is 56.8 Å². The highest BCUT2D eigenvalue weighted by Gasteiger charge is 2.48. The van der Waals surface area contributed by atoms with Crippen LogP contribution in [0.1, 0.15) is 78.6 Å². The number of rotatable bonds is 3. The molecule has 1 spiro atoms. The summed E-state index contributed by atoms with van der Waals surface area (Å²) in [4.78, 5) is 0. The Bertz CT molecular complexity index is 3720. The van der Waals surface area contributed by atoms with Crippen LogP contribution in [-0.4, -0.2) is 0 Å². The highest BCUT2D eigenvalue weighted by atomic mass is 14.5. The van der Waals surface area contributed by atoms with E-state index >= 15 is 0 Å². The normalized spacial score (nSPS) is 17.4. The van der Waals surface area contributed by atoms with Crippen molar-refractivity contribution < 1.29 is 0 Å². The molecule has 0 N–H and O–H groups in total. The summed E-state index contributed by atoms with van der Waals surface area (Å²) in [7, 11) is 0. The van der Waals surface area contributed by atoms with Gasteiger partial charge in [0.05, 0.1) is 0 Å². The minimum absolute atomic E-state index is 0.0768. The molecule has 0 saturated heterocycles. The zero-order valence-electron chi connectivity index (χ0n) is 37.4. The predicted octanol–water partition coefficient (Wildman–Crippen LogP) is 16.9. The maximum atomic E-state index is 2.58. The van der Waals surface area contributed by atoms with E-state index in [1.165, 1.54) is 133 Å². The molecule has 0 heteroatoms. The second-order valence-corrected chi connectivity index (χ2v) is 20.3. The Balaban J connectivity index is 1.04. The van der Waals surface area contributed by atoms with Gasteiger partial charge in [-0.05, 0) is 170 Å². The van der Waals surface area contributed by atoms with E-state index in [1.807, 2.05) is 0 Å². The van der Waals surface area contributed by atoms with Crippen molar-refractivity contribution >= 4 is 21.5 Å². The van der Waals surface area contributed by atoms with E-state index < -0.39 is 0 Å². The lowest BCUT2D eigenvalue weighted by Gasteiger charge is -2.29. The monoisotopic (exact) mass is 828 g/mol. The van der Waals surface area contributed by atoms with Gasteiger partial charge >= 0.3 is 0 Å². The minimum Gasteiger partial charge on any atom is -0.0620 e. The molecule has 4 aliphatic rings. The summed E-state index contributed by atoms with van der Waals surface area (Å²) in [6.07, 6.45) is 2.18. The van der Waals surface area contributed by atoms with Crippen LogP contribution in [0.5, 0.6) is 0 Å². The molecule has 308 valence electrons. The van der Waals surface area contributed by atoms with Crippen molar-refractivity contribution in [1.82, 2.24) is 0 Å². The molecule has 0 bridgehead atoms. The van der Waals surface area contributed by atoms with Gasteiger partial charge in [-0.25, -0.2) is 0 Å². The molecular formula is C65H48. The van der Waals surface area contributed by atoms with Gasteiger partial charge in [0.1, 0.15) is 0 Å². The molecule has 0 saturated carbocycles. The number of fused-ring (bicyclic) bond motifs is 15. The van der Waals surface area contributed by atoms with Gasteiger partial charge < -0.3 is 0 Å². The Morgan fingerprint density at radius 3 is 1.32 bits per heavy atom. The lowest BCUT2D eigenvalue weighted by atomic mass is 9.73. The molecule has 1 atom stereocenters. The van der Waals surface area contributed by atoms with E-state index in [0.29, 0.717) is 0 Å². The number of hydrogen-bond donors (Lipinski definition) is 0. The molecule has 10 aromatic rings. The average molecular weight is 829 g/mol. The van der Waals surface area contributed by atoms with E-state index in [1.54, 1.807) is 0 Å². The second kappa shape index (κ2) is 12.9. The fourth-order valence-corrected chi connectivity index (χ4v) is 13.4. The topological polar surface area (TPSA) is 0 Å². The summed E-state index contributed by atoms with van der Waals surface area (Å²) in [5.74, 6) is 0. The third-order valence-electron chi connectivity index (χ3n) is 16.5. The zero-order chi connectivity index (χ0) is 43.4. The van der Waals surface area contributed by atoms with Gasteiger partial charge in [0.15, 0.2) is 0 Å². The first-order valence-corrected chi connectivity index (χ1v) is 23.5. The fourth-order valence-electron chi connectivity index (χ4n) is 13.4. The molecule has 0 amide bonds. The molecule has 0 nitrogen and oxygen atoms in total. The smallest absolute Gasteiger partial charge is 0.0469 e. The largest absolute Gasteiger partial charge is 0.0620 e. The predicted molar refractivity (Wildman–Crippen MR) is 273 cm³/mol. The Labute approximate surface area is 381 Å². The van der Waals surface area contributed by atoms with E-state index in [-0.39, 0.29) is 16.2 Å². The first kappa shape index (κ1) is 37.1. The van der Waals surface area contributed by atoms with Crippen molar-refractivity contribution in [2.75, 3.05) is 0 Å². The van der Waals surface area contributed by atoms with E-state index in [2.05, 4.69) is 222 Å². The molecule has 0 radical (unpaired) electrons. The van der Waals surface area contributed by atoms with Gasteiger partial charge in [-0.1, -0.05) is 198 Å². The van der Waals surface area contributed by atoms with Crippen molar-refractivity contribution in [1.29, 1.82) is 0 Å². The van der Waals surface area contributed by atoms with E-state index in [4.69, 9.17) is 0 Å². The molecule has 65 heavy (non-hydrogen) atoms. The molecule has 10 aromatic carbocycles. The summed E-state index contributed by atoms with van der Waals surface area (Å²) in [5, 5.41) is 5.16. The van der Waals surface area contributed by atoms with Crippen LogP contribution in [0.2, 0.25) is 0 Å². The third-order valence-corrected chi connectivity index (χ3v) is 16.5. The first-order chi connectivity index (χ1) is 31.7. The molecule has 0 aliphatic heterocycles. The molecule has 0 heterocycles. The van der Waals surface area contributed by atoms with Gasteiger partial charge in [-0.2, -0.15) is 0 Å². The Hall–Kier alpha value is -7.28. The minimum atomic E-state index is -0.160. The number of benzene rings is 10. The molecular weight excluding hydrogens is 781 g/mol. The van der Waals surface area contributed by atoms with Gasteiger partial charge in [-0.15, -0.1) is 0 Å². The lowest BCUT2D eigenvalue weighted by Crippen LogP contribution is -2.23. The van der Waals surface area contributed by atoms with Crippen LogP contribution in [-0.2, 0) is 22.7 Å². The van der Waals surface area contributed by atoms with Gasteiger partial charge in [0.25, 0.3) is 0 Å². The highest BCUT2D eigenvalue weighted by molar-refractivity contribution is 6.22. The molecule has 0 fully saturated rings. The van der Waals surface area contributed by atoms with Crippen LogP contribution in [0.3, 0.4) is 0 Å². The summed E-state index contributed by atoms with van der Waals surface area (Å²) >= 11 is 0. The maximum Gasteiger partial charge on any atom is 0.0469 e. The van der Waals surface area contributed by atoms with Crippen LogP contribution >= 0.6 is 0 Å². The summed E-state index contributed by atoms with van der Waals surface area (Å²) in [6.45, 7) is 9.56. The van der Waals surface area contributed by atoms with Crippen LogP contribution in [0.15, 0.2) is 194 Å². The standard InChI is InChI=1S/C65H48/c1-63(2)55-22-12-8-16-44(55)47-29-25-41(36-58(47)63)40-26-32-52-53(35-40)62(42-27-30-48-45-17-9-13-23-56(45)64(3,4)59(48)37-42)51-20-7-6-19-50(51)61(52)43-28-31-49-46-18-10-14-24-57(46)65(60(49)38-43)34-33-39-15-5-11-21-54(39)65/h5-32,35-38H,33-34H2,1-4H3. The maximum absolute atomic E-state index is 2.58. The lowest BCUT2D eigenvalue weighted by molar-refractivity contribution is 0.626. The third kappa shape index (κ3) is 4.82. The molecule has 4 aliphatic carbocycles. The summed E-state index contributed by atoms with van der Waals surface area (Å²) in [5.41, 5.74) is 27.0. The second-order valence-electron chi connectivity index (χ2n) is 20.3. The van der Waals surface area contributed by atoms with Crippen molar-refractivity contribution in [3.05, 3.63) is 239 Å². The first-order valence-electron chi connectivity index (χ1n) is 23.5. The van der Waals surface area contributed by atoms with Crippen molar-refractivity contribution in [3.8, 4) is 66.8 Å². The van der Waals surface area contributed by atoms with Crippen LogP contribution < -0.4 is 0 Å². The van der Waals surface area contributed by atoms with Crippen LogP contribution in [0.4, 0.5) is 0 Å². The Morgan fingerprint density at radius 2 is 0.692 bits per heavy atom. The molecule has 0 aromatic heterocycles. The average Bonchev–Trinajstić information content (AvgIpc) is 4.02. The van der Waals surface area contributed by atoms with Gasteiger partial charge in [-0.3, -0.25) is 0 Å². The van der Waals surface area contributed by atoms with Crippen LogP contribution in [0, 0.1) is 0 Å². The molecule has 14 rings (SSSR count). The van der Waals surface area contributed by atoms with Crippen molar-refractivity contribution in [3.63, 3.8) is 0 Å². The SMILES string of the molecule is CC1(C)c2ccccc2-c2ccc(-c3ccc4c(-c5ccc6c(c5)C5(CCc7ccccc75)c5ccccc5-6)c5ccccc5c(-c5ccc6c(c5)C(C)(C)c5ccccc5-6)c4c3)cc21. The Kier molecular flexibility index (Phi) is 7.38. The van der Waals surface area contributed by atoms with Crippen molar-refractivity contribution in [2.24, 2.45) is 0 Å². The zero-order valence-corrected chi connectivity index (χ0v) is 37.4. The van der Waals surface area contributed by atoms with Crippen LogP contribution in [0.25, 0.3) is 88.3 Å². The fraction of sp³-hybridized carbons (Fsp3) is 0.138. The number of hydrogen-bond acceptors (Lipinski definition) is 0. The quantitative estimate of drug-likeness (QED) is 0.156. The summed E-state index contributed by atoms with van der Waals surface area (Å²) in [6, 6.07) is 74.9. The summed E-state index contributed by atoms with van der Waals surface area (Å²) < 4.78 is 0. The number of aryl methyl sites for hydroxylation is 1. The van der Waals surface area contributed by atoms with Gasteiger partial charge in [0.2, 0.25) is 0 Å². The van der Waals surface area contributed by atoms with Gasteiger partial charge in [0, 0.05) is 16.2 Å². The molecule has 1 unspecified atom stereocenters. The Morgan fingerprint density at radius 1 is 0.292 bits per heavy atom. The highest BCUT2D eigenvalue weighted by Crippen LogP contribution is 2.60. The van der Waals surface area contributed by atoms with E-state index in [9.17, 15) is 0 Å². The van der Waals surface area contributed by atoms with E-state index in [0.717, 1.165) is 12.8 Å².